The number of para-hydroxylation sites is 1. The second-order valence-corrected chi connectivity index (χ2v) is 4.51. The van der Waals surface area contributed by atoms with Gasteiger partial charge in [0.15, 0.2) is 6.29 Å². The number of benzene rings is 1. The Morgan fingerprint density at radius 2 is 2.11 bits per heavy atom. The molecule has 0 spiro atoms. The van der Waals surface area contributed by atoms with Crippen LogP contribution in [0.1, 0.15) is 23.2 Å². The van der Waals surface area contributed by atoms with Crippen LogP contribution in [0.3, 0.4) is 0 Å². The molecule has 19 heavy (non-hydrogen) atoms. The molecule has 0 bridgehead atoms. The fraction of sp³-hybridized carbons (Fsp3) is 0.385. The Bertz CT molecular complexity index is 485. The van der Waals surface area contributed by atoms with Crippen molar-refractivity contribution in [1.29, 1.82) is 0 Å². The van der Waals surface area contributed by atoms with E-state index in [-0.39, 0.29) is 6.04 Å². The van der Waals surface area contributed by atoms with E-state index in [4.69, 9.17) is 5.11 Å². The summed E-state index contributed by atoms with van der Waals surface area (Å²) in [5, 5.41) is 11.1. The smallest absolute Gasteiger partial charge is 0.404 e. The van der Waals surface area contributed by atoms with Crippen LogP contribution in [-0.4, -0.2) is 36.6 Å². The second-order valence-electron chi connectivity index (χ2n) is 4.51. The molecular formula is C13H15FN2O3. The summed E-state index contributed by atoms with van der Waals surface area (Å²) in [6.07, 6.45) is 0.788. The number of amides is 1. The maximum atomic E-state index is 13.8. The van der Waals surface area contributed by atoms with Gasteiger partial charge in [-0.3, -0.25) is 4.79 Å². The van der Waals surface area contributed by atoms with Crippen molar-refractivity contribution in [2.45, 2.75) is 18.9 Å². The summed E-state index contributed by atoms with van der Waals surface area (Å²) in [4.78, 5) is 23.3. The molecule has 1 aromatic rings. The van der Waals surface area contributed by atoms with Gasteiger partial charge in [-0.05, 0) is 25.0 Å². The zero-order valence-electron chi connectivity index (χ0n) is 10.3. The SMILES string of the molecule is O=Cc1cccc(F)c1N1CCC(NC(=O)O)CC1. The molecule has 0 atom stereocenters. The van der Waals surface area contributed by atoms with E-state index in [2.05, 4.69) is 5.32 Å². The van der Waals surface area contributed by atoms with Crippen LogP contribution < -0.4 is 10.2 Å². The summed E-state index contributed by atoms with van der Waals surface area (Å²) in [6, 6.07) is 4.29. The number of carboxylic acid groups (broad SMARTS) is 1. The van der Waals surface area contributed by atoms with Gasteiger partial charge in [0.05, 0.1) is 5.69 Å². The highest BCUT2D eigenvalue weighted by molar-refractivity contribution is 5.84. The molecule has 0 saturated carbocycles. The van der Waals surface area contributed by atoms with Crippen LogP contribution in [0.25, 0.3) is 0 Å². The highest BCUT2D eigenvalue weighted by atomic mass is 19.1. The summed E-state index contributed by atoms with van der Waals surface area (Å²) < 4.78 is 13.8. The van der Waals surface area contributed by atoms with Crippen LogP contribution in [0, 0.1) is 5.82 Å². The monoisotopic (exact) mass is 266 g/mol. The van der Waals surface area contributed by atoms with Crippen LogP contribution in [0.15, 0.2) is 18.2 Å². The molecule has 6 heteroatoms. The third kappa shape index (κ3) is 3.01. The largest absolute Gasteiger partial charge is 0.465 e. The van der Waals surface area contributed by atoms with Gasteiger partial charge in [-0.15, -0.1) is 0 Å². The number of nitrogens with one attached hydrogen (secondary N) is 1. The molecule has 0 radical (unpaired) electrons. The molecule has 2 rings (SSSR count). The number of carbonyl (C=O) groups is 2. The van der Waals surface area contributed by atoms with Gasteiger partial charge >= 0.3 is 6.09 Å². The van der Waals surface area contributed by atoms with Crippen molar-refractivity contribution in [3.8, 4) is 0 Å². The first-order valence-electron chi connectivity index (χ1n) is 6.10. The van der Waals surface area contributed by atoms with Crippen molar-refractivity contribution in [3.63, 3.8) is 0 Å². The predicted octanol–water partition coefficient (Wildman–Crippen LogP) is 1.87. The number of hydrogen-bond donors (Lipinski definition) is 2. The molecule has 0 aliphatic carbocycles. The van der Waals surface area contributed by atoms with Crippen LogP contribution in [0.2, 0.25) is 0 Å². The van der Waals surface area contributed by atoms with Gasteiger partial charge in [0, 0.05) is 24.7 Å². The molecule has 1 heterocycles. The van der Waals surface area contributed by atoms with E-state index >= 15 is 0 Å². The zero-order chi connectivity index (χ0) is 13.8. The van der Waals surface area contributed by atoms with Crippen LogP contribution >= 0.6 is 0 Å². The van der Waals surface area contributed by atoms with Gasteiger partial charge in [-0.2, -0.15) is 0 Å². The lowest BCUT2D eigenvalue weighted by Crippen LogP contribution is -2.44. The highest BCUT2D eigenvalue weighted by Gasteiger charge is 2.23. The van der Waals surface area contributed by atoms with Crippen molar-refractivity contribution < 1.29 is 19.1 Å². The van der Waals surface area contributed by atoms with E-state index in [1.54, 1.807) is 11.0 Å². The lowest BCUT2D eigenvalue weighted by atomic mass is 10.0. The maximum absolute atomic E-state index is 13.8. The molecule has 1 aliphatic heterocycles. The number of carbonyl (C=O) groups excluding carboxylic acids is 1. The zero-order valence-corrected chi connectivity index (χ0v) is 10.3. The topological polar surface area (TPSA) is 69.6 Å². The standard InChI is InChI=1S/C13H15FN2O3/c14-11-3-1-2-9(8-17)12(11)16-6-4-10(5-7-16)15-13(18)19/h1-3,8,10,15H,4-7H2,(H,18,19). The third-order valence-corrected chi connectivity index (χ3v) is 3.28. The van der Waals surface area contributed by atoms with Crippen molar-refractivity contribution in [3.05, 3.63) is 29.6 Å². The summed E-state index contributed by atoms with van der Waals surface area (Å²) in [5.41, 5.74) is 0.635. The van der Waals surface area contributed by atoms with Crippen molar-refractivity contribution >= 4 is 18.1 Å². The van der Waals surface area contributed by atoms with E-state index in [0.717, 1.165) is 0 Å². The number of nitrogens with zero attached hydrogens (tertiary/aromatic N) is 1. The van der Waals surface area contributed by atoms with Gasteiger partial charge in [-0.1, -0.05) is 6.07 Å². The van der Waals surface area contributed by atoms with Gasteiger partial charge < -0.3 is 15.3 Å². The van der Waals surface area contributed by atoms with Gasteiger partial charge in [0.2, 0.25) is 0 Å². The Balaban J connectivity index is 2.09. The van der Waals surface area contributed by atoms with Crippen molar-refractivity contribution in [2.75, 3.05) is 18.0 Å². The number of aldehydes is 1. The lowest BCUT2D eigenvalue weighted by molar-refractivity contribution is 0.112. The minimum atomic E-state index is -1.04. The molecule has 1 amide bonds. The Kier molecular flexibility index (Phi) is 3.99. The van der Waals surface area contributed by atoms with Gasteiger partial charge in [0.1, 0.15) is 5.82 Å². The summed E-state index contributed by atoms with van der Waals surface area (Å²) >= 11 is 0. The first-order valence-corrected chi connectivity index (χ1v) is 6.10. The average Bonchev–Trinajstić information content (AvgIpc) is 2.39. The maximum Gasteiger partial charge on any atom is 0.404 e. The first-order chi connectivity index (χ1) is 9.11. The Labute approximate surface area is 110 Å². The Morgan fingerprint density at radius 3 is 2.68 bits per heavy atom. The summed E-state index contributed by atoms with van der Waals surface area (Å²) in [5.74, 6) is -0.422. The molecule has 1 saturated heterocycles. The summed E-state index contributed by atoms with van der Waals surface area (Å²) in [7, 11) is 0. The van der Waals surface area contributed by atoms with E-state index < -0.39 is 11.9 Å². The van der Waals surface area contributed by atoms with E-state index in [1.807, 2.05) is 0 Å². The number of hydrogen-bond acceptors (Lipinski definition) is 3. The lowest BCUT2D eigenvalue weighted by Gasteiger charge is -2.34. The number of anilines is 1. The molecule has 1 aliphatic rings. The fourth-order valence-electron chi connectivity index (χ4n) is 2.38. The highest BCUT2D eigenvalue weighted by Crippen LogP contribution is 2.26. The molecular weight excluding hydrogens is 251 g/mol. The molecule has 102 valence electrons. The fourth-order valence-corrected chi connectivity index (χ4v) is 2.38. The minimum Gasteiger partial charge on any atom is -0.465 e. The Hall–Kier alpha value is -2.11. The van der Waals surface area contributed by atoms with Crippen LogP contribution in [0.4, 0.5) is 14.9 Å². The molecule has 1 fully saturated rings. The van der Waals surface area contributed by atoms with E-state index in [0.29, 0.717) is 43.5 Å². The van der Waals surface area contributed by atoms with E-state index in [1.165, 1.54) is 12.1 Å². The predicted molar refractivity (Wildman–Crippen MR) is 68.2 cm³/mol. The normalized spacial score (nSPS) is 16.2. The molecule has 0 aromatic heterocycles. The first kappa shape index (κ1) is 13.3. The van der Waals surface area contributed by atoms with Gasteiger partial charge in [-0.25, -0.2) is 9.18 Å². The summed E-state index contributed by atoms with van der Waals surface area (Å²) in [6.45, 7) is 1.04. The molecule has 1 aromatic carbocycles. The number of piperidine rings is 1. The van der Waals surface area contributed by atoms with E-state index in [9.17, 15) is 14.0 Å². The van der Waals surface area contributed by atoms with Crippen molar-refractivity contribution in [2.24, 2.45) is 0 Å². The molecule has 5 nitrogen and oxygen atoms in total. The van der Waals surface area contributed by atoms with Crippen molar-refractivity contribution in [1.82, 2.24) is 5.32 Å². The van der Waals surface area contributed by atoms with Crippen LogP contribution in [0.5, 0.6) is 0 Å². The van der Waals surface area contributed by atoms with Gasteiger partial charge in [0.25, 0.3) is 0 Å². The quantitative estimate of drug-likeness (QED) is 0.819. The number of rotatable bonds is 3. The van der Waals surface area contributed by atoms with Crippen LogP contribution in [-0.2, 0) is 0 Å². The minimum absolute atomic E-state index is 0.111. The Morgan fingerprint density at radius 1 is 1.42 bits per heavy atom. The molecule has 0 unspecified atom stereocenters. The average molecular weight is 266 g/mol. The molecule has 2 N–H and O–H groups in total. The second kappa shape index (κ2) is 5.69. The third-order valence-electron chi connectivity index (χ3n) is 3.28. The number of halogens is 1.